The Morgan fingerprint density at radius 1 is 1.35 bits per heavy atom. The smallest absolute Gasteiger partial charge is 0.161 e. The molecule has 0 aliphatic carbocycles. The Morgan fingerprint density at radius 3 is 2.96 bits per heavy atom. The van der Waals surface area contributed by atoms with Crippen LogP contribution < -0.4 is 9.47 Å². The number of likely N-dealkylation sites (tertiary alicyclic amines) is 1. The minimum atomic E-state index is -0.533. The molecule has 2 heterocycles. The summed E-state index contributed by atoms with van der Waals surface area (Å²) >= 11 is 1.73. The van der Waals surface area contributed by atoms with Crippen molar-refractivity contribution in [3.63, 3.8) is 0 Å². The fourth-order valence-electron chi connectivity index (χ4n) is 3.50. The first-order valence-corrected chi connectivity index (χ1v) is 10.0. The quantitative estimate of drug-likeness (QED) is 0.746. The van der Waals surface area contributed by atoms with E-state index < -0.39 is 6.10 Å². The number of aliphatic hydroxyl groups excluding tert-OH is 1. The highest BCUT2D eigenvalue weighted by molar-refractivity contribution is 7.07. The van der Waals surface area contributed by atoms with Gasteiger partial charge >= 0.3 is 0 Å². The van der Waals surface area contributed by atoms with Crippen molar-refractivity contribution in [3.05, 3.63) is 52.2 Å². The second kappa shape index (κ2) is 9.21. The molecule has 1 N–H and O–H groups in total. The molecule has 0 radical (unpaired) electrons. The van der Waals surface area contributed by atoms with E-state index in [0.717, 1.165) is 18.5 Å². The number of allylic oxidation sites excluding steroid dienone is 1. The van der Waals surface area contributed by atoms with Crippen LogP contribution in [0.2, 0.25) is 0 Å². The van der Waals surface area contributed by atoms with Crippen molar-refractivity contribution in [2.24, 2.45) is 0 Å². The lowest BCUT2D eigenvalue weighted by Gasteiger charge is -2.26. The van der Waals surface area contributed by atoms with Gasteiger partial charge in [0.25, 0.3) is 0 Å². The molecule has 2 atom stereocenters. The first-order valence-electron chi connectivity index (χ1n) is 9.09. The minimum Gasteiger partial charge on any atom is -0.493 e. The van der Waals surface area contributed by atoms with E-state index in [1.165, 1.54) is 12.0 Å². The van der Waals surface area contributed by atoms with Crippen LogP contribution >= 0.6 is 11.3 Å². The predicted octanol–water partition coefficient (Wildman–Crippen LogP) is 4.37. The summed E-state index contributed by atoms with van der Waals surface area (Å²) in [5.74, 6) is 1.35. The van der Waals surface area contributed by atoms with Crippen molar-refractivity contribution in [2.45, 2.75) is 31.9 Å². The molecule has 0 saturated carbocycles. The minimum absolute atomic E-state index is 0.256. The van der Waals surface area contributed by atoms with Crippen molar-refractivity contribution in [1.29, 1.82) is 0 Å². The van der Waals surface area contributed by atoms with Gasteiger partial charge in [-0.25, -0.2) is 0 Å². The number of nitrogens with zero attached hydrogens (tertiary/aromatic N) is 1. The molecule has 26 heavy (non-hydrogen) atoms. The molecule has 2 aromatic rings. The lowest BCUT2D eigenvalue weighted by molar-refractivity contribution is 0.0630. The normalized spacial score (nSPS) is 19.1. The molecule has 3 rings (SSSR count). The monoisotopic (exact) mass is 373 g/mol. The lowest BCUT2D eigenvalue weighted by atomic mass is 10.1. The van der Waals surface area contributed by atoms with Crippen LogP contribution in [0.25, 0.3) is 6.08 Å². The maximum absolute atomic E-state index is 10.5. The zero-order chi connectivity index (χ0) is 18.4. The van der Waals surface area contributed by atoms with Crippen LogP contribution in [0, 0.1) is 0 Å². The van der Waals surface area contributed by atoms with E-state index in [4.69, 9.17) is 9.47 Å². The Labute approximate surface area is 159 Å². The molecule has 1 aliphatic heterocycles. The second-order valence-electron chi connectivity index (χ2n) is 6.58. The zero-order valence-electron chi connectivity index (χ0n) is 15.4. The van der Waals surface area contributed by atoms with Crippen molar-refractivity contribution in [2.75, 3.05) is 26.8 Å². The molecule has 1 fully saturated rings. The fourth-order valence-corrected chi connectivity index (χ4v) is 4.20. The molecule has 140 valence electrons. The van der Waals surface area contributed by atoms with Crippen molar-refractivity contribution >= 4 is 17.4 Å². The summed E-state index contributed by atoms with van der Waals surface area (Å²) in [6.07, 6.45) is 5.80. The van der Waals surface area contributed by atoms with Gasteiger partial charge in [0.05, 0.1) is 7.11 Å². The molecular weight excluding hydrogens is 346 g/mol. The van der Waals surface area contributed by atoms with Crippen LogP contribution in [0.15, 0.2) is 41.1 Å². The van der Waals surface area contributed by atoms with Gasteiger partial charge < -0.3 is 14.6 Å². The second-order valence-corrected chi connectivity index (χ2v) is 7.36. The summed E-state index contributed by atoms with van der Waals surface area (Å²) < 4.78 is 11.2. The van der Waals surface area contributed by atoms with Crippen molar-refractivity contribution in [1.82, 2.24) is 4.90 Å². The first kappa shape index (κ1) is 19.0. The van der Waals surface area contributed by atoms with Gasteiger partial charge in [0.2, 0.25) is 0 Å². The summed E-state index contributed by atoms with van der Waals surface area (Å²) in [4.78, 5) is 2.36. The van der Waals surface area contributed by atoms with Crippen LogP contribution in [0.5, 0.6) is 11.5 Å². The van der Waals surface area contributed by atoms with Gasteiger partial charge in [-0.1, -0.05) is 18.2 Å². The average molecular weight is 374 g/mol. The summed E-state index contributed by atoms with van der Waals surface area (Å²) in [6.45, 7) is 3.89. The molecule has 0 unspecified atom stereocenters. The van der Waals surface area contributed by atoms with Crippen LogP contribution in [0.4, 0.5) is 0 Å². The van der Waals surface area contributed by atoms with Gasteiger partial charge in [-0.2, -0.15) is 11.3 Å². The number of benzene rings is 1. The van der Waals surface area contributed by atoms with E-state index in [2.05, 4.69) is 21.7 Å². The molecule has 1 aliphatic rings. The van der Waals surface area contributed by atoms with E-state index >= 15 is 0 Å². The molecule has 1 aromatic carbocycles. The van der Waals surface area contributed by atoms with E-state index in [1.54, 1.807) is 18.4 Å². The SMILES string of the molecule is C/C=C/c1ccc(OC[C@H](O)CN2CCC[C@@H]2c2ccsc2)c(OC)c1. The number of methoxy groups -OCH3 is 1. The van der Waals surface area contributed by atoms with Crippen LogP contribution in [0.3, 0.4) is 0 Å². The number of hydrogen-bond acceptors (Lipinski definition) is 5. The summed E-state index contributed by atoms with van der Waals surface area (Å²) in [6, 6.07) is 8.43. The highest BCUT2D eigenvalue weighted by Crippen LogP contribution is 2.33. The zero-order valence-corrected chi connectivity index (χ0v) is 16.2. The molecule has 1 saturated heterocycles. The first-order chi connectivity index (χ1) is 12.7. The van der Waals surface area contributed by atoms with Gasteiger partial charge in [0.1, 0.15) is 12.7 Å². The van der Waals surface area contributed by atoms with Gasteiger partial charge in [-0.3, -0.25) is 4.90 Å². The molecular formula is C21H27NO3S. The largest absolute Gasteiger partial charge is 0.493 e. The van der Waals surface area contributed by atoms with E-state index in [9.17, 15) is 5.11 Å². The molecule has 0 bridgehead atoms. The number of hydrogen-bond donors (Lipinski definition) is 1. The maximum atomic E-state index is 10.5. The summed E-state index contributed by atoms with van der Waals surface area (Å²) in [5, 5.41) is 14.8. The van der Waals surface area contributed by atoms with E-state index in [0.29, 0.717) is 24.1 Å². The number of thiophene rings is 1. The van der Waals surface area contributed by atoms with Crippen LogP contribution in [0.1, 0.15) is 36.9 Å². The number of rotatable bonds is 8. The highest BCUT2D eigenvalue weighted by Gasteiger charge is 2.28. The van der Waals surface area contributed by atoms with E-state index in [-0.39, 0.29) is 6.61 Å². The Morgan fingerprint density at radius 2 is 2.23 bits per heavy atom. The predicted molar refractivity (Wildman–Crippen MR) is 107 cm³/mol. The molecule has 5 heteroatoms. The van der Waals surface area contributed by atoms with E-state index in [1.807, 2.05) is 37.3 Å². The Kier molecular flexibility index (Phi) is 6.72. The number of β-amino-alcohol motifs (C(OH)–C–C–N with tert-alkyl or cyclic N) is 1. The maximum Gasteiger partial charge on any atom is 0.161 e. The molecule has 4 nitrogen and oxygen atoms in total. The molecule has 1 aromatic heterocycles. The fraction of sp³-hybridized carbons (Fsp3) is 0.429. The Balaban J connectivity index is 1.56. The highest BCUT2D eigenvalue weighted by atomic mass is 32.1. The standard InChI is InChI=1S/C21H27NO3S/c1-3-5-16-7-8-20(21(12-16)24-2)25-14-18(23)13-22-10-4-6-19(22)17-9-11-26-15-17/h3,5,7-9,11-12,15,18-19,23H,4,6,10,13-14H2,1-2H3/b5-3+/t18-,19-/m1/s1. The number of aliphatic hydroxyl groups is 1. The number of ether oxygens (including phenoxy) is 2. The molecule has 0 amide bonds. The Bertz CT molecular complexity index is 714. The topological polar surface area (TPSA) is 41.9 Å². The van der Waals surface area contributed by atoms with Gasteiger partial charge in [0.15, 0.2) is 11.5 Å². The van der Waals surface area contributed by atoms with Crippen LogP contribution in [-0.4, -0.2) is 42.9 Å². The van der Waals surface area contributed by atoms with Crippen molar-refractivity contribution in [3.8, 4) is 11.5 Å². The third-order valence-corrected chi connectivity index (χ3v) is 5.42. The lowest BCUT2D eigenvalue weighted by Crippen LogP contribution is -2.35. The summed E-state index contributed by atoms with van der Waals surface area (Å²) in [5.41, 5.74) is 2.43. The van der Waals surface area contributed by atoms with Gasteiger partial charge in [0, 0.05) is 12.6 Å². The van der Waals surface area contributed by atoms with Crippen LogP contribution in [-0.2, 0) is 0 Å². The van der Waals surface area contributed by atoms with Gasteiger partial charge in [-0.15, -0.1) is 0 Å². The summed E-state index contributed by atoms with van der Waals surface area (Å²) in [7, 11) is 1.63. The van der Waals surface area contributed by atoms with Crippen molar-refractivity contribution < 1.29 is 14.6 Å². The average Bonchev–Trinajstić information content (AvgIpc) is 3.32. The Hall–Kier alpha value is -1.82. The molecule has 0 spiro atoms. The third-order valence-electron chi connectivity index (χ3n) is 4.71. The van der Waals surface area contributed by atoms with Gasteiger partial charge in [-0.05, 0) is 66.4 Å². The third kappa shape index (κ3) is 4.67.